The molecule has 0 spiro atoms. The van der Waals surface area contributed by atoms with E-state index in [1.165, 1.54) is 10.7 Å². The van der Waals surface area contributed by atoms with E-state index in [1.807, 2.05) is 17.0 Å². The summed E-state index contributed by atoms with van der Waals surface area (Å²) in [6, 6.07) is 12.0. The second-order valence-electron chi connectivity index (χ2n) is 6.89. The van der Waals surface area contributed by atoms with E-state index in [2.05, 4.69) is 10.4 Å². The van der Waals surface area contributed by atoms with Crippen molar-refractivity contribution in [1.29, 1.82) is 0 Å². The first-order valence-corrected chi connectivity index (χ1v) is 9.14. The Labute approximate surface area is 160 Å². The lowest BCUT2D eigenvalue weighted by Crippen LogP contribution is -2.39. The Bertz CT molecular complexity index is 1140. The maximum Gasteiger partial charge on any atom is 0.360 e. The van der Waals surface area contributed by atoms with Gasteiger partial charge in [0, 0.05) is 37.5 Å². The number of nitrogens with zero attached hydrogens (tertiary/aromatic N) is 3. The lowest BCUT2D eigenvalue weighted by molar-refractivity contribution is -0.120. The zero-order valence-electron chi connectivity index (χ0n) is 15.4. The third-order valence-electron chi connectivity index (χ3n) is 5.04. The van der Waals surface area contributed by atoms with Crippen LogP contribution in [0.1, 0.15) is 12.8 Å². The highest BCUT2D eigenvalue weighted by atomic mass is 16.4. The predicted octanol–water partition coefficient (Wildman–Crippen LogP) is 1.74. The fourth-order valence-corrected chi connectivity index (χ4v) is 3.41. The van der Waals surface area contributed by atoms with Gasteiger partial charge in [-0.15, -0.1) is 0 Å². The number of para-hydroxylation sites is 1. The first kappa shape index (κ1) is 18.0. The number of aromatic nitrogens is 2. The number of anilines is 2. The Morgan fingerprint density at radius 1 is 1.14 bits per heavy atom. The number of aryl methyl sites for hydroxylation is 1. The summed E-state index contributed by atoms with van der Waals surface area (Å²) in [7, 11) is 1.61. The van der Waals surface area contributed by atoms with Crippen molar-refractivity contribution in [3.8, 4) is 0 Å². The van der Waals surface area contributed by atoms with Crippen LogP contribution in [-0.4, -0.2) is 28.8 Å². The third kappa shape index (κ3) is 3.53. The largest absolute Gasteiger partial charge is 0.421 e. The van der Waals surface area contributed by atoms with Crippen molar-refractivity contribution in [3.63, 3.8) is 0 Å². The smallest absolute Gasteiger partial charge is 0.360 e. The summed E-state index contributed by atoms with van der Waals surface area (Å²) in [6.07, 6.45) is 1.27. The topological polar surface area (TPSA) is 97.4 Å². The van der Waals surface area contributed by atoms with Crippen LogP contribution in [0.2, 0.25) is 0 Å². The molecule has 8 heteroatoms. The van der Waals surface area contributed by atoms with Gasteiger partial charge in [-0.05, 0) is 31.0 Å². The lowest BCUT2D eigenvalue weighted by Gasteiger charge is -2.32. The van der Waals surface area contributed by atoms with Gasteiger partial charge in [0.25, 0.3) is 5.56 Å². The fourth-order valence-electron chi connectivity index (χ4n) is 3.41. The molecular weight excluding hydrogens is 360 g/mol. The first-order valence-electron chi connectivity index (χ1n) is 9.14. The molecule has 1 saturated heterocycles. The van der Waals surface area contributed by atoms with Crippen LogP contribution in [0.3, 0.4) is 0 Å². The summed E-state index contributed by atoms with van der Waals surface area (Å²) < 4.78 is 6.56. The van der Waals surface area contributed by atoms with E-state index >= 15 is 0 Å². The highest BCUT2D eigenvalue weighted by Crippen LogP contribution is 2.23. The number of piperidine rings is 1. The molecule has 1 aliphatic heterocycles. The van der Waals surface area contributed by atoms with Gasteiger partial charge in [0.2, 0.25) is 5.91 Å². The van der Waals surface area contributed by atoms with Gasteiger partial charge in [0.05, 0.1) is 0 Å². The molecule has 144 valence electrons. The van der Waals surface area contributed by atoms with E-state index in [0.717, 1.165) is 11.2 Å². The molecule has 1 N–H and O–H groups in total. The Morgan fingerprint density at radius 2 is 1.89 bits per heavy atom. The highest BCUT2D eigenvalue weighted by molar-refractivity contribution is 5.94. The Balaban J connectivity index is 1.43. The maximum atomic E-state index is 12.6. The van der Waals surface area contributed by atoms with Crippen molar-refractivity contribution in [3.05, 3.63) is 63.2 Å². The predicted molar refractivity (Wildman–Crippen MR) is 106 cm³/mol. The molecule has 4 rings (SSSR count). The molecule has 1 aliphatic rings. The number of hydrogen-bond acceptors (Lipinski definition) is 6. The summed E-state index contributed by atoms with van der Waals surface area (Å²) in [5.41, 5.74) is -0.0689. The second-order valence-corrected chi connectivity index (χ2v) is 6.89. The summed E-state index contributed by atoms with van der Waals surface area (Å²) in [4.78, 5) is 38.3. The van der Waals surface area contributed by atoms with Crippen LogP contribution in [0.5, 0.6) is 0 Å². The van der Waals surface area contributed by atoms with E-state index in [0.29, 0.717) is 31.5 Å². The number of carbonyl (C=O) groups excluding carboxylic acids is 1. The van der Waals surface area contributed by atoms with Crippen molar-refractivity contribution in [2.45, 2.75) is 12.8 Å². The monoisotopic (exact) mass is 380 g/mol. The van der Waals surface area contributed by atoms with Crippen molar-refractivity contribution in [2.24, 2.45) is 13.0 Å². The number of carbonyl (C=O) groups is 1. The number of nitrogens with one attached hydrogen (secondary N) is 1. The summed E-state index contributed by atoms with van der Waals surface area (Å²) in [6.45, 7) is 1.30. The summed E-state index contributed by atoms with van der Waals surface area (Å²) in [5, 5.41) is 7.73. The molecule has 0 saturated carbocycles. The molecule has 0 radical (unpaired) electrons. The minimum Gasteiger partial charge on any atom is -0.421 e. The van der Waals surface area contributed by atoms with Gasteiger partial charge in [0.1, 0.15) is 17.1 Å². The fraction of sp³-hybridized carbons (Fsp3) is 0.300. The molecule has 1 fully saturated rings. The molecule has 0 atom stereocenters. The quantitative estimate of drug-likeness (QED) is 0.695. The van der Waals surface area contributed by atoms with E-state index in [1.54, 1.807) is 31.3 Å². The summed E-state index contributed by atoms with van der Waals surface area (Å²) in [5.74, 6) is 0.335. The average molecular weight is 380 g/mol. The Morgan fingerprint density at radius 3 is 2.64 bits per heavy atom. The molecule has 3 heterocycles. The number of amides is 1. The molecule has 0 bridgehead atoms. The first-order chi connectivity index (χ1) is 13.5. The van der Waals surface area contributed by atoms with Gasteiger partial charge in [-0.3, -0.25) is 9.59 Å². The standard InChI is InChI=1S/C20H20N4O4/c1-23-18(25)7-6-17(22-23)24-10-8-13(9-11-24)19(26)21-15-12-14-4-2-3-5-16(14)28-20(15)27/h2-7,12-13H,8-11H2,1H3,(H,21,26). The minimum atomic E-state index is -0.557. The van der Waals surface area contributed by atoms with E-state index < -0.39 is 5.63 Å². The van der Waals surface area contributed by atoms with Crippen LogP contribution in [0.4, 0.5) is 11.5 Å². The zero-order valence-corrected chi connectivity index (χ0v) is 15.4. The van der Waals surface area contributed by atoms with Crippen LogP contribution < -0.4 is 21.4 Å². The molecule has 28 heavy (non-hydrogen) atoms. The van der Waals surface area contributed by atoms with Gasteiger partial charge in [-0.2, -0.15) is 5.10 Å². The molecule has 1 amide bonds. The lowest BCUT2D eigenvalue weighted by atomic mass is 9.96. The highest BCUT2D eigenvalue weighted by Gasteiger charge is 2.26. The van der Waals surface area contributed by atoms with E-state index in [-0.39, 0.29) is 23.1 Å². The van der Waals surface area contributed by atoms with E-state index in [9.17, 15) is 14.4 Å². The number of benzene rings is 1. The molecule has 0 aliphatic carbocycles. The molecular formula is C20H20N4O4. The number of hydrogen-bond donors (Lipinski definition) is 1. The molecule has 2 aromatic heterocycles. The Hall–Kier alpha value is -3.42. The van der Waals surface area contributed by atoms with Crippen LogP contribution in [0.15, 0.2) is 56.5 Å². The van der Waals surface area contributed by atoms with Gasteiger partial charge in [-0.25, -0.2) is 9.48 Å². The Kier molecular flexibility index (Phi) is 4.68. The zero-order chi connectivity index (χ0) is 19.7. The minimum absolute atomic E-state index is 0.158. The van der Waals surface area contributed by atoms with Gasteiger partial charge < -0.3 is 14.6 Å². The summed E-state index contributed by atoms with van der Waals surface area (Å²) >= 11 is 0. The van der Waals surface area contributed by atoms with Crippen LogP contribution in [-0.2, 0) is 11.8 Å². The van der Waals surface area contributed by atoms with Crippen molar-refractivity contribution in [1.82, 2.24) is 9.78 Å². The second kappa shape index (κ2) is 7.30. The van der Waals surface area contributed by atoms with Crippen LogP contribution >= 0.6 is 0 Å². The number of rotatable bonds is 3. The normalized spacial score (nSPS) is 15.0. The van der Waals surface area contributed by atoms with Crippen molar-refractivity contribution < 1.29 is 9.21 Å². The SMILES string of the molecule is Cn1nc(N2CCC(C(=O)Nc3cc4ccccc4oc3=O)CC2)ccc1=O. The molecule has 0 unspecified atom stereocenters. The van der Waals surface area contributed by atoms with Gasteiger partial charge in [0.15, 0.2) is 0 Å². The molecule has 8 nitrogen and oxygen atoms in total. The average Bonchev–Trinajstić information content (AvgIpc) is 2.70. The van der Waals surface area contributed by atoms with Crippen LogP contribution in [0, 0.1) is 5.92 Å². The third-order valence-corrected chi connectivity index (χ3v) is 5.04. The molecule has 3 aromatic rings. The van der Waals surface area contributed by atoms with Gasteiger partial charge >= 0.3 is 5.63 Å². The number of fused-ring (bicyclic) bond motifs is 1. The molecule has 1 aromatic carbocycles. The maximum absolute atomic E-state index is 12.6. The van der Waals surface area contributed by atoms with Crippen LogP contribution in [0.25, 0.3) is 11.0 Å². The van der Waals surface area contributed by atoms with Gasteiger partial charge in [-0.1, -0.05) is 18.2 Å². The van der Waals surface area contributed by atoms with Crippen molar-refractivity contribution >= 4 is 28.4 Å². The van der Waals surface area contributed by atoms with E-state index in [4.69, 9.17) is 4.42 Å². The van der Waals surface area contributed by atoms with Crippen molar-refractivity contribution in [2.75, 3.05) is 23.3 Å².